The summed E-state index contributed by atoms with van der Waals surface area (Å²) >= 11 is 0. The average molecular weight is 281 g/mol. The summed E-state index contributed by atoms with van der Waals surface area (Å²) < 4.78 is 5.14. The van der Waals surface area contributed by atoms with E-state index in [2.05, 4.69) is 0 Å². The zero-order valence-electron chi connectivity index (χ0n) is 12.1. The summed E-state index contributed by atoms with van der Waals surface area (Å²) in [7, 11) is 0. The molecule has 3 heteroatoms. The Morgan fingerprint density at radius 2 is 1.57 bits per heavy atom. The summed E-state index contributed by atoms with van der Waals surface area (Å²) in [6, 6.07) is 19.2. The molecule has 0 aliphatic carbocycles. The summed E-state index contributed by atoms with van der Waals surface area (Å²) in [5, 5.41) is 0. The minimum Gasteiger partial charge on any atom is -0.462 e. The van der Waals surface area contributed by atoms with Gasteiger partial charge in [0.15, 0.2) is 0 Å². The highest BCUT2D eigenvalue weighted by molar-refractivity contribution is 6.17. The van der Waals surface area contributed by atoms with E-state index in [1.54, 1.807) is 6.92 Å². The topological polar surface area (TPSA) is 52.3 Å². The molecule has 0 amide bonds. The van der Waals surface area contributed by atoms with Crippen LogP contribution in [0.3, 0.4) is 0 Å². The van der Waals surface area contributed by atoms with E-state index in [-0.39, 0.29) is 5.97 Å². The minimum absolute atomic E-state index is 0.327. The first kappa shape index (κ1) is 14.9. The Balaban J connectivity index is 2.38. The quantitative estimate of drug-likeness (QED) is 0.676. The molecule has 2 rings (SSSR count). The van der Waals surface area contributed by atoms with Crippen molar-refractivity contribution < 1.29 is 9.53 Å². The van der Waals surface area contributed by atoms with E-state index in [1.807, 2.05) is 60.7 Å². The molecule has 0 unspecified atom stereocenters. The number of nitrogens with two attached hydrogens (primary N) is 1. The molecule has 2 aromatic carbocycles. The average Bonchev–Trinajstić information content (AvgIpc) is 2.50. The lowest BCUT2D eigenvalue weighted by Gasteiger charge is -2.12. The SMILES string of the molecule is CCOC(=O)/C(=C(/N)Cc1ccccc1)c1ccccc1. The van der Waals surface area contributed by atoms with E-state index in [4.69, 9.17) is 10.5 Å². The molecule has 2 aromatic rings. The van der Waals surface area contributed by atoms with Crippen LogP contribution in [0.25, 0.3) is 5.57 Å². The van der Waals surface area contributed by atoms with Crippen molar-refractivity contribution in [3.05, 3.63) is 77.5 Å². The minimum atomic E-state index is -0.378. The third kappa shape index (κ3) is 3.96. The van der Waals surface area contributed by atoms with Crippen molar-refractivity contribution in [2.45, 2.75) is 13.3 Å². The zero-order chi connectivity index (χ0) is 15.1. The van der Waals surface area contributed by atoms with Crippen molar-refractivity contribution in [1.29, 1.82) is 0 Å². The molecule has 0 saturated heterocycles. The second-order valence-corrected chi connectivity index (χ2v) is 4.65. The molecular formula is C18H19NO2. The second kappa shape index (κ2) is 7.29. The summed E-state index contributed by atoms with van der Waals surface area (Å²) in [4.78, 5) is 12.2. The van der Waals surface area contributed by atoms with Crippen molar-refractivity contribution in [1.82, 2.24) is 0 Å². The fraction of sp³-hybridized carbons (Fsp3) is 0.167. The maximum absolute atomic E-state index is 12.2. The molecule has 0 saturated carbocycles. The Labute approximate surface area is 125 Å². The van der Waals surface area contributed by atoms with Gasteiger partial charge in [-0.2, -0.15) is 0 Å². The molecule has 0 aliphatic heterocycles. The van der Waals surface area contributed by atoms with Gasteiger partial charge in [0.25, 0.3) is 0 Å². The van der Waals surface area contributed by atoms with Gasteiger partial charge in [-0.1, -0.05) is 60.7 Å². The van der Waals surface area contributed by atoms with Gasteiger partial charge in [0.2, 0.25) is 0 Å². The predicted molar refractivity (Wildman–Crippen MR) is 84.3 cm³/mol. The van der Waals surface area contributed by atoms with E-state index in [0.29, 0.717) is 24.3 Å². The van der Waals surface area contributed by atoms with Crippen LogP contribution < -0.4 is 5.73 Å². The molecule has 0 spiro atoms. The predicted octanol–water partition coefficient (Wildman–Crippen LogP) is 3.16. The second-order valence-electron chi connectivity index (χ2n) is 4.65. The highest BCUT2D eigenvalue weighted by Crippen LogP contribution is 2.20. The van der Waals surface area contributed by atoms with Gasteiger partial charge in [0.1, 0.15) is 0 Å². The number of carbonyl (C=O) groups excluding carboxylic acids is 1. The third-order valence-electron chi connectivity index (χ3n) is 3.10. The number of hydrogen-bond donors (Lipinski definition) is 1. The van der Waals surface area contributed by atoms with Gasteiger partial charge in [-0.15, -0.1) is 0 Å². The van der Waals surface area contributed by atoms with Crippen LogP contribution in [-0.2, 0) is 16.0 Å². The van der Waals surface area contributed by atoms with Gasteiger partial charge in [-0.05, 0) is 18.1 Å². The van der Waals surface area contributed by atoms with Crippen molar-refractivity contribution >= 4 is 11.5 Å². The normalized spacial score (nSPS) is 11.7. The summed E-state index contributed by atoms with van der Waals surface area (Å²) in [6.07, 6.45) is 0.518. The molecule has 0 atom stereocenters. The van der Waals surface area contributed by atoms with Gasteiger partial charge in [-0.3, -0.25) is 0 Å². The Morgan fingerprint density at radius 3 is 2.14 bits per heavy atom. The molecule has 21 heavy (non-hydrogen) atoms. The number of rotatable bonds is 5. The summed E-state index contributed by atoms with van der Waals surface area (Å²) in [5.74, 6) is -0.378. The zero-order valence-corrected chi connectivity index (χ0v) is 12.1. The first-order chi connectivity index (χ1) is 10.2. The maximum Gasteiger partial charge on any atom is 0.340 e. The fourth-order valence-electron chi connectivity index (χ4n) is 2.15. The molecule has 0 radical (unpaired) electrons. The molecule has 0 bridgehead atoms. The molecular weight excluding hydrogens is 262 g/mol. The van der Waals surface area contributed by atoms with E-state index >= 15 is 0 Å². The Hall–Kier alpha value is -2.55. The number of ether oxygens (including phenoxy) is 1. The smallest absolute Gasteiger partial charge is 0.340 e. The molecule has 2 N–H and O–H groups in total. The van der Waals surface area contributed by atoms with Gasteiger partial charge in [0, 0.05) is 12.1 Å². The van der Waals surface area contributed by atoms with Crippen LogP contribution in [-0.4, -0.2) is 12.6 Å². The summed E-state index contributed by atoms with van der Waals surface area (Å²) in [6.45, 7) is 2.11. The van der Waals surface area contributed by atoms with Crippen LogP contribution in [0.5, 0.6) is 0 Å². The van der Waals surface area contributed by atoms with Crippen LogP contribution in [0.4, 0.5) is 0 Å². The molecule has 0 aliphatic rings. The number of allylic oxidation sites excluding steroid dienone is 1. The number of benzene rings is 2. The van der Waals surface area contributed by atoms with Crippen molar-refractivity contribution in [3.63, 3.8) is 0 Å². The lowest BCUT2D eigenvalue weighted by Crippen LogP contribution is -2.15. The highest BCUT2D eigenvalue weighted by atomic mass is 16.5. The van der Waals surface area contributed by atoms with E-state index in [1.165, 1.54) is 0 Å². The lowest BCUT2D eigenvalue weighted by atomic mass is 10.00. The fourth-order valence-corrected chi connectivity index (χ4v) is 2.15. The van der Waals surface area contributed by atoms with Crippen LogP contribution in [0, 0.1) is 0 Å². The molecule has 0 fully saturated rings. The van der Waals surface area contributed by atoms with Crippen LogP contribution >= 0.6 is 0 Å². The molecule has 108 valence electrons. The Bertz CT molecular complexity index is 618. The summed E-state index contributed by atoms with van der Waals surface area (Å²) in [5.41, 5.74) is 9.00. The molecule has 0 heterocycles. The highest BCUT2D eigenvalue weighted by Gasteiger charge is 2.17. The van der Waals surface area contributed by atoms with Crippen LogP contribution in [0.1, 0.15) is 18.1 Å². The standard InChI is InChI=1S/C18H19NO2/c1-2-21-18(20)17(15-11-7-4-8-12-15)16(19)13-14-9-5-3-6-10-14/h3-12H,2,13,19H2,1H3/b17-16+. The lowest BCUT2D eigenvalue weighted by molar-refractivity contribution is -0.136. The molecule has 3 nitrogen and oxygen atoms in total. The van der Waals surface area contributed by atoms with Gasteiger partial charge >= 0.3 is 5.97 Å². The van der Waals surface area contributed by atoms with Crippen molar-refractivity contribution in [2.24, 2.45) is 5.73 Å². The number of hydrogen-bond acceptors (Lipinski definition) is 3. The molecule has 0 aromatic heterocycles. The van der Waals surface area contributed by atoms with E-state index in [9.17, 15) is 4.79 Å². The third-order valence-corrected chi connectivity index (χ3v) is 3.10. The first-order valence-electron chi connectivity index (χ1n) is 6.97. The monoisotopic (exact) mass is 281 g/mol. The van der Waals surface area contributed by atoms with Crippen LogP contribution in [0.2, 0.25) is 0 Å². The maximum atomic E-state index is 12.2. The van der Waals surface area contributed by atoms with Gasteiger partial charge in [-0.25, -0.2) is 4.79 Å². The van der Waals surface area contributed by atoms with E-state index < -0.39 is 0 Å². The van der Waals surface area contributed by atoms with Crippen molar-refractivity contribution in [2.75, 3.05) is 6.61 Å². The largest absolute Gasteiger partial charge is 0.462 e. The van der Waals surface area contributed by atoms with Gasteiger partial charge in [0.05, 0.1) is 12.2 Å². The number of carbonyl (C=O) groups is 1. The van der Waals surface area contributed by atoms with Gasteiger partial charge < -0.3 is 10.5 Å². The van der Waals surface area contributed by atoms with Crippen molar-refractivity contribution in [3.8, 4) is 0 Å². The Kier molecular flexibility index (Phi) is 5.16. The van der Waals surface area contributed by atoms with Crippen LogP contribution in [0.15, 0.2) is 66.4 Å². The number of esters is 1. The van der Waals surface area contributed by atoms with E-state index in [0.717, 1.165) is 11.1 Å². The first-order valence-corrected chi connectivity index (χ1v) is 6.97. The Morgan fingerprint density at radius 1 is 1.00 bits per heavy atom.